The second-order valence-electron chi connectivity index (χ2n) is 6.88. The van der Waals surface area contributed by atoms with Crippen LogP contribution in [-0.4, -0.2) is 54.2 Å². The van der Waals surface area contributed by atoms with Gasteiger partial charge < -0.3 is 10.4 Å². The normalized spacial score (nSPS) is 27.4. The van der Waals surface area contributed by atoms with Gasteiger partial charge in [0, 0.05) is 6.04 Å². The van der Waals surface area contributed by atoms with E-state index in [1.807, 2.05) is 0 Å². The maximum Gasteiger partial charge on any atom is 0.329 e. The van der Waals surface area contributed by atoms with Gasteiger partial charge in [-0.15, -0.1) is 0 Å². The molecule has 0 bridgehead atoms. The predicted octanol–water partition coefficient (Wildman–Crippen LogP) is 0.951. The minimum atomic E-state index is -3.76. The van der Waals surface area contributed by atoms with Gasteiger partial charge in [0.15, 0.2) is 0 Å². The molecule has 9 heteroatoms. The van der Waals surface area contributed by atoms with E-state index >= 15 is 0 Å². The van der Waals surface area contributed by atoms with E-state index in [9.17, 15) is 23.1 Å². The number of amides is 1. The third kappa shape index (κ3) is 5.35. The molecule has 0 spiro atoms. The lowest BCUT2D eigenvalue weighted by atomic mass is 9.88. The third-order valence-corrected chi connectivity index (χ3v) is 7.14. The number of aliphatic carboxylic acids is 1. The average molecular weight is 379 g/mol. The summed E-state index contributed by atoms with van der Waals surface area (Å²) in [6.45, 7) is 2.14. The van der Waals surface area contributed by atoms with Crippen molar-refractivity contribution >= 4 is 33.7 Å². The van der Waals surface area contributed by atoms with Crippen LogP contribution in [-0.2, 0) is 19.6 Å². The van der Waals surface area contributed by atoms with Gasteiger partial charge in [0.1, 0.15) is 11.3 Å². The zero-order valence-electron chi connectivity index (χ0n) is 13.9. The zero-order chi connectivity index (χ0) is 17.8. The highest BCUT2D eigenvalue weighted by atomic mass is 32.2. The topological polar surface area (TPSA) is 113 Å². The van der Waals surface area contributed by atoms with Crippen LogP contribution in [0.4, 0.5) is 0 Å². The Bertz CT molecular complexity index is 564. The number of carboxylic acids is 1. The Morgan fingerprint density at radius 3 is 2.29 bits per heavy atom. The van der Waals surface area contributed by atoms with Crippen LogP contribution in [0.3, 0.4) is 0 Å². The van der Waals surface area contributed by atoms with Gasteiger partial charge in [-0.3, -0.25) is 4.79 Å². The van der Waals surface area contributed by atoms with Crippen LogP contribution in [0.2, 0.25) is 0 Å². The van der Waals surface area contributed by atoms with Crippen molar-refractivity contribution in [2.24, 2.45) is 5.92 Å². The monoisotopic (exact) mass is 378 g/mol. The molecule has 1 heterocycles. The standard InChI is InChI=1S/C15H26N2O5S2/c1-11-2-4-12(5-3-11)17-24(21,22)10-13(18)16-15(14(19)20)6-8-23-9-7-15/h11-12,17H,2-10H2,1H3,(H,16,18)(H,19,20). The molecule has 138 valence electrons. The van der Waals surface area contributed by atoms with Crippen LogP contribution in [0.5, 0.6) is 0 Å². The molecule has 0 unspecified atom stereocenters. The lowest BCUT2D eigenvalue weighted by Gasteiger charge is -2.33. The van der Waals surface area contributed by atoms with E-state index < -0.39 is 33.2 Å². The molecule has 0 aromatic carbocycles. The van der Waals surface area contributed by atoms with E-state index in [2.05, 4.69) is 17.0 Å². The lowest BCUT2D eigenvalue weighted by molar-refractivity contribution is -0.147. The summed E-state index contributed by atoms with van der Waals surface area (Å²) >= 11 is 1.63. The quantitative estimate of drug-likeness (QED) is 0.634. The number of carbonyl (C=O) groups is 2. The summed E-state index contributed by atoms with van der Waals surface area (Å²) in [6.07, 6.45) is 4.12. The molecular weight excluding hydrogens is 352 g/mol. The highest BCUT2D eigenvalue weighted by Crippen LogP contribution is 2.27. The van der Waals surface area contributed by atoms with Crippen molar-refractivity contribution in [1.29, 1.82) is 0 Å². The minimum absolute atomic E-state index is 0.126. The molecule has 1 saturated heterocycles. The Morgan fingerprint density at radius 2 is 1.75 bits per heavy atom. The highest BCUT2D eigenvalue weighted by molar-refractivity contribution is 7.99. The van der Waals surface area contributed by atoms with E-state index in [0.717, 1.165) is 25.7 Å². The second-order valence-corrected chi connectivity index (χ2v) is 9.86. The van der Waals surface area contributed by atoms with Crippen LogP contribution in [0.1, 0.15) is 45.4 Å². The minimum Gasteiger partial charge on any atom is -0.480 e. The molecule has 0 aromatic heterocycles. The number of rotatable bonds is 6. The first-order chi connectivity index (χ1) is 11.2. The van der Waals surface area contributed by atoms with Gasteiger partial charge in [-0.25, -0.2) is 17.9 Å². The van der Waals surface area contributed by atoms with Crippen molar-refractivity contribution in [3.63, 3.8) is 0 Å². The number of hydrogen-bond donors (Lipinski definition) is 3. The number of thioether (sulfide) groups is 1. The van der Waals surface area contributed by atoms with Gasteiger partial charge in [-0.05, 0) is 55.9 Å². The van der Waals surface area contributed by atoms with Gasteiger partial charge in [0.05, 0.1) is 0 Å². The Morgan fingerprint density at radius 1 is 1.17 bits per heavy atom. The van der Waals surface area contributed by atoms with Gasteiger partial charge in [-0.2, -0.15) is 11.8 Å². The van der Waals surface area contributed by atoms with Gasteiger partial charge >= 0.3 is 5.97 Å². The summed E-state index contributed by atoms with van der Waals surface area (Å²) in [4.78, 5) is 23.7. The lowest BCUT2D eigenvalue weighted by Crippen LogP contribution is -2.58. The highest BCUT2D eigenvalue weighted by Gasteiger charge is 2.41. The smallest absolute Gasteiger partial charge is 0.329 e. The summed E-state index contributed by atoms with van der Waals surface area (Å²) in [6, 6.07) is -0.126. The molecule has 0 radical (unpaired) electrons. The Labute approximate surface area is 147 Å². The first-order valence-electron chi connectivity index (χ1n) is 8.35. The molecule has 2 rings (SSSR count). The van der Waals surface area contributed by atoms with Crippen LogP contribution in [0, 0.1) is 5.92 Å². The summed E-state index contributed by atoms with van der Waals surface area (Å²) in [5.41, 5.74) is -1.34. The molecule has 1 aliphatic carbocycles. The summed E-state index contributed by atoms with van der Waals surface area (Å²) in [5, 5.41) is 11.9. The van der Waals surface area contributed by atoms with E-state index in [0.29, 0.717) is 30.3 Å². The molecule has 1 saturated carbocycles. The van der Waals surface area contributed by atoms with Crippen LogP contribution in [0.15, 0.2) is 0 Å². The summed E-state index contributed by atoms with van der Waals surface area (Å²) in [5.74, 6) is -0.686. The van der Waals surface area contributed by atoms with Crippen molar-refractivity contribution in [2.75, 3.05) is 17.3 Å². The van der Waals surface area contributed by atoms with Gasteiger partial charge in [0.2, 0.25) is 15.9 Å². The zero-order valence-corrected chi connectivity index (χ0v) is 15.5. The van der Waals surface area contributed by atoms with E-state index in [4.69, 9.17) is 0 Å². The van der Waals surface area contributed by atoms with E-state index in [-0.39, 0.29) is 6.04 Å². The first kappa shape index (κ1) is 19.5. The van der Waals surface area contributed by atoms with Crippen molar-refractivity contribution in [2.45, 2.75) is 57.0 Å². The number of carboxylic acid groups (broad SMARTS) is 1. The molecule has 2 fully saturated rings. The molecule has 1 amide bonds. The van der Waals surface area contributed by atoms with Crippen molar-refractivity contribution in [3.05, 3.63) is 0 Å². The predicted molar refractivity (Wildman–Crippen MR) is 93.4 cm³/mol. The summed E-state index contributed by atoms with van der Waals surface area (Å²) < 4.78 is 27.0. The molecule has 7 nitrogen and oxygen atoms in total. The molecule has 2 aliphatic rings. The van der Waals surface area contributed by atoms with Crippen LogP contribution < -0.4 is 10.0 Å². The van der Waals surface area contributed by atoms with Crippen molar-refractivity contribution in [3.8, 4) is 0 Å². The fraction of sp³-hybridized carbons (Fsp3) is 0.867. The SMILES string of the molecule is CC1CCC(NS(=O)(=O)CC(=O)NC2(C(=O)O)CCSCC2)CC1. The maximum atomic E-state index is 12.2. The summed E-state index contributed by atoms with van der Waals surface area (Å²) in [7, 11) is -3.76. The van der Waals surface area contributed by atoms with Gasteiger partial charge in [-0.1, -0.05) is 6.92 Å². The fourth-order valence-corrected chi connectivity index (χ4v) is 5.70. The number of nitrogens with one attached hydrogen (secondary N) is 2. The number of sulfonamides is 1. The largest absolute Gasteiger partial charge is 0.480 e. The molecule has 3 N–H and O–H groups in total. The number of carbonyl (C=O) groups excluding carboxylic acids is 1. The van der Waals surface area contributed by atoms with Gasteiger partial charge in [0.25, 0.3) is 0 Å². The fourth-order valence-electron chi connectivity index (χ4n) is 3.26. The van der Waals surface area contributed by atoms with Crippen LogP contribution in [0.25, 0.3) is 0 Å². The van der Waals surface area contributed by atoms with E-state index in [1.54, 1.807) is 11.8 Å². The van der Waals surface area contributed by atoms with Crippen molar-refractivity contribution < 1.29 is 23.1 Å². The Kier molecular flexibility index (Phi) is 6.55. The van der Waals surface area contributed by atoms with E-state index in [1.165, 1.54) is 0 Å². The molecular formula is C15H26N2O5S2. The molecule has 1 aliphatic heterocycles. The second kappa shape index (κ2) is 8.05. The third-order valence-electron chi connectivity index (χ3n) is 4.82. The first-order valence-corrected chi connectivity index (χ1v) is 11.2. The Balaban J connectivity index is 1.91. The number of hydrogen-bond acceptors (Lipinski definition) is 5. The Hall–Kier alpha value is -0.800. The molecule has 0 aromatic rings. The van der Waals surface area contributed by atoms with Crippen LogP contribution >= 0.6 is 11.8 Å². The maximum absolute atomic E-state index is 12.2. The molecule has 24 heavy (non-hydrogen) atoms. The molecule has 0 atom stereocenters. The van der Waals surface area contributed by atoms with Crippen molar-refractivity contribution in [1.82, 2.24) is 10.0 Å². The average Bonchev–Trinajstić information content (AvgIpc) is 2.49.